The first-order valence-electron chi connectivity index (χ1n) is 7.66. The van der Waals surface area contributed by atoms with Crippen molar-refractivity contribution in [2.75, 3.05) is 5.32 Å². The summed E-state index contributed by atoms with van der Waals surface area (Å²) in [7, 11) is 0. The summed E-state index contributed by atoms with van der Waals surface area (Å²) in [5.74, 6) is -0.487. The number of rotatable bonds is 4. The minimum absolute atomic E-state index is 0.177. The number of hydrogen-bond acceptors (Lipinski definition) is 4. The summed E-state index contributed by atoms with van der Waals surface area (Å²) in [5, 5.41) is 4.91. The number of alkyl halides is 3. The summed E-state index contributed by atoms with van der Waals surface area (Å²) >= 11 is 1.36. The van der Waals surface area contributed by atoms with Gasteiger partial charge < -0.3 is 5.32 Å². The van der Waals surface area contributed by atoms with Crippen LogP contribution >= 0.6 is 11.3 Å². The number of carbonyl (C=O) groups excluding carboxylic acids is 1. The van der Waals surface area contributed by atoms with Gasteiger partial charge in [-0.15, -0.1) is 11.3 Å². The Hall–Kier alpha value is -2.74. The minimum Gasteiger partial charge on any atom is -0.319 e. The number of thiazole rings is 1. The zero-order valence-corrected chi connectivity index (χ0v) is 14.5. The summed E-state index contributed by atoms with van der Waals surface area (Å²) in [6, 6.07) is 9.89. The van der Waals surface area contributed by atoms with Gasteiger partial charge in [0.15, 0.2) is 0 Å². The predicted octanol–water partition coefficient (Wildman–Crippen LogP) is 4.71. The van der Waals surface area contributed by atoms with Gasteiger partial charge in [-0.2, -0.15) is 13.2 Å². The lowest BCUT2D eigenvalue weighted by molar-refractivity contribution is -0.141. The highest BCUT2D eigenvalue weighted by molar-refractivity contribution is 7.09. The highest BCUT2D eigenvalue weighted by atomic mass is 32.1. The normalized spacial score (nSPS) is 11.4. The summed E-state index contributed by atoms with van der Waals surface area (Å²) in [4.78, 5) is 19.8. The van der Waals surface area contributed by atoms with Crippen molar-refractivity contribution in [3.05, 3.63) is 75.5 Å². The van der Waals surface area contributed by atoms with E-state index >= 15 is 0 Å². The highest BCUT2D eigenvalue weighted by Crippen LogP contribution is 2.28. The van der Waals surface area contributed by atoms with Crippen molar-refractivity contribution in [2.24, 2.45) is 0 Å². The molecule has 3 aromatic rings. The van der Waals surface area contributed by atoms with Crippen LogP contribution in [0.15, 0.2) is 48.0 Å². The molecular weight excluding hydrogens is 363 g/mol. The van der Waals surface area contributed by atoms with E-state index in [1.165, 1.54) is 11.3 Å². The van der Waals surface area contributed by atoms with E-state index < -0.39 is 17.8 Å². The maximum absolute atomic E-state index is 12.5. The number of benzene rings is 1. The molecule has 0 spiro atoms. The van der Waals surface area contributed by atoms with Gasteiger partial charge in [0.1, 0.15) is 11.4 Å². The van der Waals surface area contributed by atoms with E-state index in [1.807, 2.05) is 31.2 Å². The molecule has 1 aromatic carbocycles. The van der Waals surface area contributed by atoms with Gasteiger partial charge in [0.05, 0.1) is 16.9 Å². The number of nitrogens with zero attached hydrogens (tertiary/aromatic N) is 2. The predicted molar refractivity (Wildman–Crippen MR) is 93.3 cm³/mol. The third kappa shape index (κ3) is 4.26. The van der Waals surface area contributed by atoms with Crippen LogP contribution in [0.5, 0.6) is 0 Å². The zero-order chi connectivity index (χ0) is 18.7. The van der Waals surface area contributed by atoms with Crippen molar-refractivity contribution in [3.8, 4) is 0 Å². The van der Waals surface area contributed by atoms with Gasteiger partial charge in [0.25, 0.3) is 5.91 Å². The number of carbonyl (C=O) groups is 1. The minimum atomic E-state index is -4.51. The number of aryl methyl sites for hydroxylation is 1. The van der Waals surface area contributed by atoms with Gasteiger partial charge in [0.2, 0.25) is 0 Å². The summed E-state index contributed by atoms with van der Waals surface area (Å²) in [6.07, 6.45) is -2.92. The maximum atomic E-state index is 12.5. The Bertz CT molecular complexity index is 920. The Morgan fingerprint density at radius 2 is 1.96 bits per heavy atom. The van der Waals surface area contributed by atoms with Crippen LogP contribution < -0.4 is 5.32 Å². The van der Waals surface area contributed by atoms with Gasteiger partial charge in [-0.3, -0.25) is 4.79 Å². The molecule has 0 bridgehead atoms. The lowest BCUT2D eigenvalue weighted by Gasteiger charge is -2.07. The molecule has 8 heteroatoms. The van der Waals surface area contributed by atoms with Gasteiger partial charge in [-0.25, -0.2) is 9.97 Å². The standard InChI is InChI=1S/C18H14F3N3OS/c1-11-4-2-3-5-12(11)8-16-24-14(10-26-16)17(25)23-13-6-7-15(22-9-13)18(19,20)21/h2-7,9-10H,8H2,1H3,(H,23,25). The largest absolute Gasteiger partial charge is 0.433 e. The van der Waals surface area contributed by atoms with E-state index in [4.69, 9.17) is 0 Å². The molecule has 0 saturated carbocycles. The molecule has 0 atom stereocenters. The first-order valence-corrected chi connectivity index (χ1v) is 8.54. The number of anilines is 1. The van der Waals surface area contributed by atoms with Crippen molar-refractivity contribution in [3.63, 3.8) is 0 Å². The van der Waals surface area contributed by atoms with E-state index in [2.05, 4.69) is 15.3 Å². The average Bonchev–Trinajstić information content (AvgIpc) is 3.05. The Kier molecular flexibility index (Phi) is 5.03. The molecule has 2 heterocycles. The van der Waals surface area contributed by atoms with Crippen LogP contribution in [-0.2, 0) is 12.6 Å². The molecule has 0 aliphatic heterocycles. The van der Waals surface area contributed by atoms with Crippen LogP contribution in [0.25, 0.3) is 0 Å². The number of amides is 1. The smallest absolute Gasteiger partial charge is 0.319 e. The molecule has 0 saturated heterocycles. The molecule has 0 aliphatic rings. The van der Waals surface area contributed by atoms with Crippen molar-refractivity contribution < 1.29 is 18.0 Å². The van der Waals surface area contributed by atoms with Crippen LogP contribution in [0.3, 0.4) is 0 Å². The van der Waals surface area contributed by atoms with Gasteiger partial charge in [-0.1, -0.05) is 24.3 Å². The van der Waals surface area contributed by atoms with Crippen LogP contribution in [0.4, 0.5) is 18.9 Å². The van der Waals surface area contributed by atoms with Crippen LogP contribution in [-0.4, -0.2) is 15.9 Å². The Morgan fingerprint density at radius 1 is 1.19 bits per heavy atom. The van der Waals surface area contributed by atoms with Crippen molar-refractivity contribution in [1.29, 1.82) is 0 Å². The molecule has 0 radical (unpaired) electrons. The molecule has 1 N–H and O–H groups in total. The van der Waals surface area contributed by atoms with Gasteiger partial charge in [0, 0.05) is 11.8 Å². The molecule has 134 valence electrons. The van der Waals surface area contributed by atoms with E-state index in [9.17, 15) is 18.0 Å². The fourth-order valence-corrected chi connectivity index (χ4v) is 3.10. The fraction of sp³-hybridized carbons (Fsp3) is 0.167. The number of pyridine rings is 1. The highest BCUT2D eigenvalue weighted by Gasteiger charge is 2.32. The molecule has 26 heavy (non-hydrogen) atoms. The third-order valence-electron chi connectivity index (χ3n) is 3.70. The number of aromatic nitrogens is 2. The lowest BCUT2D eigenvalue weighted by atomic mass is 10.1. The number of hydrogen-bond donors (Lipinski definition) is 1. The third-order valence-corrected chi connectivity index (χ3v) is 4.55. The second-order valence-corrected chi connectivity index (χ2v) is 6.56. The topological polar surface area (TPSA) is 54.9 Å². The van der Waals surface area contributed by atoms with E-state index in [-0.39, 0.29) is 11.4 Å². The second kappa shape index (κ2) is 7.25. The average molecular weight is 377 g/mol. The number of halogens is 3. The molecular formula is C18H14F3N3OS. The fourth-order valence-electron chi connectivity index (χ4n) is 2.30. The van der Waals surface area contributed by atoms with Gasteiger partial charge >= 0.3 is 6.18 Å². The summed E-state index contributed by atoms with van der Waals surface area (Å²) < 4.78 is 37.5. The SMILES string of the molecule is Cc1ccccc1Cc1nc(C(=O)Nc2ccc(C(F)(F)F)nc2)cs1. The molecule has 0 aliphatic carbocycles. The molecule has 3 rings (SSSR count). The Balaban J connectivity index is 1.67. The number of nitrogens with one attached hydrogen (secondary N) is 1. The molecule has 0 fully saturated rings. The molecule has 4 nitrogen and oxygen atoms in total. The first-order chi connectivity index (χ1) is 12.3. The van der Waals surface area contributed by atoms with Crippen LogP contribution in [0, 0.1) is 6.92 Å². The first kappa shape index (κ1) is 18.1. The maximum Gasteiger partial charge on any atom is 0.433 e. The Morgan fingerprint density at radius 3 is 2.62 bits per heavy atom. The van der Waals surface area contributed by atoms with Crippen LogP contribution in [0.1, 0.15) is 32.3 Å². The summed E-state index contributed by atoms with van der Waals surface area (Å²) in [5.41, 5.74) is 1.66. The van der Waals surface area contributed by atoms with Crippen molar-refractivity contribution >= 4 is 22.9 Å². The molecule has 0 unspecified atom stereocenters. The van der Waals surface area contributed by atoms with Gasteiger partial charge in [-0.05, 0) is 30.2 Å². The van der Waals surface area contributed by atoms with Crippen molar-refractivity contribution in [1.82, 2.24) is 9.97 Å². The summed E-state index contributed by atoms with van der Waals surface area (Å²) in [6.45, 7) is 2.01. The quantitative estimate of drug-likeness (QED) is 0.717. The lowest BCUT2D eigenvalue weighted by Crippen LogP contribution is -2.14. The van der Waals surface area contributed by atoms with Crippen LogP contribution in [0.2, 0.25) is 0 Å². The Labute approximate surface area is 151 Å². The zero-order valence-electron chi connectivity index (χ0n) is 13.7. The van der Waals surface area contributed by atoms with E-state index in [0.29, 0.717) is 6.42 Å². The van der Waals surface area contributed by atoms with E-state index in [0.717, 1.165) is 34.5 Å². The molecule has 1 amide bonds. The monoisotopic (exact) mass is 377 g/mol. The van der Waals surface area contributed by atoms with Crippen molar-refractivity contribution in [2.45, 2.75) is 19.5 Å². The van der Waals surface area contributed by atoms with E-state index in [1.54, 1.807) is 5.38 Å². The molecule has 2 aromatic heterocycles. The second-order valence-electron chi connectivity index (χ2n) is 5.61.